The zero-order chi connectivity index (χ0) is 26.3. The van der Waals surface area contributed by atoms with Crippen molar-refractivity contribution in [3.63, 3.8) is 0 Å². The lowest BCUT2D eigenvalue weighted by molar-refractivity contribution is 0.0954. The molecule has 0 saturated carbocycles. The molecular formula is C29H34N4O3. The van der Waals surface area contributed by atoms with E-state index in [1.807, 2.05) is 30.3 Å². The molecule has 188 valence electrons. The van der Waals surface area contributed by atoms with Crippen LogP contribution in [0.1, 0.15) is 66.5 Å². The van der Waals surface area contributed by atoms with Crippen LogP contribution in [0.3, 0.4) is 0 Å². The molecule has 0 atom stereocenters. The summed E-state index contributed by atoms with van der Waals surface area (Å²) in [5.41, 5.74) is 6.59. The molecule has 7 heteroatoms. The van der Waals surface area contributed by atoms with E-state index in [0.717, 1.165) is 24.3 Å². The highest BCUT2D eigenvalue weighted by molar-refractivity contribution is 6.04. The highest BCUT2D eigenvalue weighted by Crippen LogP contribution is 2.24. The molecule has 3 rings (SSSR count). The molecule has 3 aromatic carbocycles. The van der Waals surface area contributed by atoms with E-state index in [-0.39, 0.29) is 17.1 Å². The third-order valence-corrected chi connectivity index (χ3v) is 5.93. The molecule has 3 aromatic rings. The summed E-state index contributed by atoms with van der Waals surface area (Å²) in [6.45, 7) is 12.2. The van der Waals surface area contributed by atoms with Crippen LogP contribution in [0.25, 0.3) is 0 Å². The number of nitrogens with zero attached hydrogens (tertiary/aromatic N) is 2. The van der Waals surface area contributed by atoms with Gasteiger partial charge in [-0.3, -0.25) is 9.59 Å². The Bertz CT molecular complexity index is 1220. The third kappa shape index (κ3) is 6.72. The number of benzene rings is 3. The summed E-state index contributed by atoms with van der Waals surface area (Å²) < 4.78 is 0. The molecule has 7 nitrogen and oxygen atoms in total. The molecule has 0 bridgehead atoms. The number of hydrogen-bond acceptors (Lipinski definition) is 5. The summed E-state index contributed by atoms with van der Waals surface area (Å²) in [5.74, 6) is -0.532. The van der Waals surface area contributed by atoms with Crippen molar-refractivity contribution in [1.29, 1.82) is 0 Å². The quantitative estimate of drug-likeness (QED) is 0.287. The van der Waals surface area contributed by atoms with Gasteiger partial charge in [0.1, 0.15) is 5.75 Å². The summed E-state index contributed by atoms with van der Waals surface area (Å²) in [6, 6.07) is 19.4. The summed E-state index contributed by atoms with van der Waals surface area (Å²) in [6.07, 6.45) is 1.40. The van der Waals surface area contributed by atoms with Crippen molar-refractivity contribution in [2.75, 3.05) is 23.3 Å². The van der Waals surface area contributed by atoms with Crippen molar-refractivity contribution in [3.05, 3.63) is 89.0 Å². The number of hydrogen-bond donors (Lipinski definition) is 3. The van der Waals surface area contributed by atoms with Gasteiger partial charge in [-0.2, -0.15) is 5.10 Å². The monoisotopic (exact) mass is 486 g/mol. The van der Waals surface area contributed by atoms with Gasteiger partial charge in [0.2, 0.25) is 0 Å². The molecule has 0 fully saturated rings. The first-order valence-corrected chi connectivity index (χ1v) is 12.1. The number of rotatable bonds is 8. The summed E-state index contributed by atoms with van der Waals surface area (Å²) in [7, 11) is 0. The van der Waals surface area contributed by atoms with Gasteiger partial charge >= 0.3 is 0 Å². The lowest BCUT2D eigenvalue weighted by atomic mass is 9.87. The predicted molar refractivity (Wildman–Crippen MR) is 146 cm³/mol. The molecule has 0 aliphatic carbocycles. The lowest BCUT2D eigenvalue weighted by Gasteiger charge is -2.21. The number of aromatic hydroxyl groups is 1. The fourth-order valence-electron chi connectivity index (χ4n) is 3.68. The Labute approximate surface area is 212 Å². The van der Waals surface area contributed by atoms with Crippen LogP contribution in [0.5, 0.6) is 5.75 Å². The fraction of sp³-hybridized carbons (Fsp3) is 0.276. The van der Waals surface area contributed by atoms with Crippen LogP contribution in [-0.2, 0) is 5.41 Å². The first-order valence-electron chi connectivity index (χ1n) is 12.1. The number of phenolic OH excluding ortho intramolecular Hbond substituents is 1. The van der Waals surface area contributed by atoms with Gasteiger partial charge < -0.3 is 15.3 Å². The van der Waals surface area contributed by atoms with E-state index in [9.17, 15) is 14.7 Å². The van der Waals surface area contributed by atoms with Crippen LogP contribution in [0.15, 0.2) is 71.8 Å². The standard InChI is InChI=1S/C29H34N4O3/c1-6-33(7-2)25-17-12-22(26(34)18-25)19-30-32-28(36)21-10-15-24(16-11-21)31-27(35)20-8-13-23(14-9-20)29(3,4)5/h8-19,34H,6-7H2,1-5H3,(H,31,35)(H,32,36). The lowest BCUT2D eigenvalue weighted by Crippen LogP contribution is -2.21. The molecule has 2 amide bonds. The van der Waals surface area contributed by atoms with Crippen molar-refractivity contribution >= 4 is 29.4 Å². The van der Waals surface area contributed by atoms with E-state index < -0.39 is 5.91 Å². The second-order valence-corrected chi connectivity index (χ2v) is 9.47. The Hall–Kier alpha value is -4.13. The number of hydrazone groups is 1. The maximum absolute atomic E-state index is 12.6. The van der Waals surface area contributed by atoms with E-state index in [4.69, 9.17) is 0 Å². The Morgan fingerprint density at radius 3 is 2.03 bits per heavy atom. The van der Waals surface area contributed by atoms with Gasteiger partial charge in [0, 0.05) is 47.2 Å². The number of anilines is 2. The highest BCUT2D eigenvalue weighted by Gasteiger charge is 2.14. The predicted octanol–water partition coefficient (Wildman–Crippen LogP) is 5.55. The Balaban J connectivity index is 1.57. The molecular weight excluding hydrogens is 452 g/mol. The smallest absolute Gasteiger partial charge is 0.271 e. The molecule has 0 aliphatic rings. The van der Waals surface area contributed by atoms with Crippen molar-refractivity contribution in [2.24, 2.45) is 5.10 Å². The normalized spacial score (nSPS) is 11.4. The molecule has 0 aliphatic heterocycles. The fourth-order valence-corrected chi connectivity index (χ4v) is 3.68. The number of phenols is 1. The summed E-state index contributed by atoms with van der Waals surface area (Å²) in [5, 5.41) is 17.1. The minimum atomic E-state index is -0.402. The van der Waals surface area contributed by atoms with Gasteiger partial charge in [-0.05, 0) is 73.4 Å². The maximum Gasteiger partial charge on any atom is 0.271 e. The minimum absolute atomic E-state index is 0.0196. The van der Waals surface area contributed by atoms with Crippen LogP contribution in [0.4, 0.5) is 11.4 Å². The Morgan fingerprint density at radius 2 is 1.47 bits per heavy atom. The molecule has 36 heavy (non-hydrogen) atoms. The van der Waals surface area contributed by atoms with E-state index in [1.165, 1.54) is 6.21 Å². The summed E-state index contributed by atoms with van der Waals surface area (Å²) in [4.78, 5) is 27.1. The third-order valence-electron chi connectivity index (χ3n) is 5.93. The van der Waals surface area contributed by atoms with Crippen LogP contribution in [-0.4, -0.2) is 36.2 Å². The first kappa shape index (κ1) is 26.5. The summed E-state index contributed by atoms with van der Waals surface area (Å²) >= 11 is 0. The van der Waals surface area contributed by atoms with Gasteiger partial charge in [0.15, 0.2) is 0 Å². The molecule has 3 N–H and O–H groups in total. The number of carbonyl (C=O) groups excluding carboxylic acids is 2. The van der Waals surface area contributed by atoms with Crippen LogP contribution >= 0.6 is 0 Å². The number of nitrogens with one attached hydrogen (secondary N) is 2. The van der Waals surface area contributed by atoms with E-state index >= 15 is 0 Å². The molecule has 0 spiro atoms. The zero-order valence-corrected chi connectivity index (χ0v) is 21.5. The van der Waals surface area contributed by atoms with E-state index in [1.54, 1.807) is 36.4 Å². The van der Waals surface area contributed by atoms with E-state index in [2.05, 4.69) is 55.4 Å². The topological polar surface area (TPSA) is 94.0 Å². The van der Waals surface area contributed by atoms with Crippen molar-refractivity contribution in [3.8, 4) is 5.75 Å². The highest BCUT2D eigenvalue weighted by atomic mass is 16.3. The average Bonchev–Trinajstić information content (AvgIpc) is 2.86. The Kier molecular flexibility index (Phi) is 8.48. The second-order valence-electron chi connectivity index (χ2n) is 9.47. The minimum Gasteiger partial charge on any atom is -0.507 e. The molecule has 0 unspecified atom stereocenters. The van der Waals surface area contributed by atoms with Gasteiger partial charge in [0.25, 0.3) is 11.8 Å². The van der Waals surface area contributed by atoms with Gasteiger partial charge in [-0.1, -0.05) is 32.9 Å². The molecule has 0 heterocycles. The number of carbonyl (C=O) groups is 2. The van der Waals surface area contributed by atoms with Crippen molar-refractivity contribution in [1.82, 2.24) is 5.43 Å². The molecule has 0 radical (unpaired) electrons. The van der Waals surface area contributed by atoms with Crippen molar-refractivity contribution < 1.29 is 14.7 Å². The molecule has 0 aromatic heterocycles. The molecule has 0 saturated heterocycles. The average molecular weight is 487 g/mol. The maximum atomic E-state index is 12.6. The van der Waals surface area contributed by atoms with Crippen LogP contribution in [0.2, 0.25) is 0 Å². The van der Waals surface area contributed by atoms with Crippen molar-refractivity contribution in [2.45, 2.75) is 40.0 Å². The number of amides is 2. The van der Waals surface area contributed by atoms with Gasteiger partial charge in [0.05, 0.1) is 6.21 Å². The van der Waals surface area contributed by atoms with Crippen LogP contribution < -0.4 is 15.6 Å². The zero-order valence-electron chi connectivity index (χ0n) is 21.5. The Morgan fingerprint density at radius 1 is 0.889 bits per heavy atom. The SMILES string of the molecule is CCN(CC)c1ccc(C=NNC(=O)c2ccc(NC(=O)c3ccc(C(C)(C)C)cc3)cc2)c(O)c1. The second kappa shape index (κ2) is 11.5. The van der Waals surface area contributed by atoms with E-state index in [0.29, 0.717) is 22.4 Å². The van der Waals surface area contributed by atoms with Gasteiger partial charge in [-0.15, -0.1) is 0 Å². The van der Waals surface area contributed by atoms with Crippen LogP contribution in [0, 0.1) is 0 Å². The largest absolute Gasteiger partial charge is 0.507 e. The van der Waals surface area contributed by atoms with Gasteiger partial charge in [-0.25, -0.2) is 5.43 Å². The first-order chi connectivity index (χ1) is 17.1.